The number of hydrogen-bond acceptors (Lipinski definition) is 26. The Kier molecular flexibility index (Phi) is 19.1. The third-order valence-corrected chi connectivity index (χ3v) is 12.9. The Hall–Kier alpha value is -8.23. The van der Waals surface area contributed by atoms with Crippen LogP contribution in [-0.2, 0) is 52.3 Å². The average molecular weight is 1150 g/mol. The largest absolute Gasteiger partial charge is 0.508 e. The molecule has 14 N–H and O–H groups in total. The van der Waals surface area contributed by atoms with Gasteiger partial charge in [-0.2, -0.15) is 0 Å². The van der Waals surface area contributed by atoms with Crippen molar-refractivity contribution in [2.24, 2.45) is 0 Å². The van der Waals surface area contributed by atoms with Gasteiger partial charge in [0.05, 0.1) is 11.6 Å². The number of carboxylic acids is 1. The number of ether oxygens (including phenoxy) is 9. The van der Waals surface area contributed by atoms with Crippen LogP contribution in [0, 0.1) is 0 Å². The summed E-state index contributed by atoms with van der Waals surface area (Å²) < 4.78 is 57.6. The summed E-state index contributed by atoms with van der Waals surface area (Å²) in [5.74, 6) is -7.96. The molecule has 0 radical (unpaired) electrons. The van der Waals surface area contributed by atoms with Crippen LogP contribution in [0.4, 0.5) is 0 Å². The summed E-state index contributed by atoms with van der Waals surface area (Å²) in [5, 5.41) is 149. The molecule has 0 unspecified atom stereocenters. The molecule has 8 rings (SSSR count). The highest BCUT2D eigenvalue weighted by molar-refractivity contribution is 5.91. The number of carbonyl (C=O) groups is 4. The minimum Gasteiger partial charge on any atom is -0.508 e. The van der Waals surface area contributed by atoms with Gasteiger partial charge in [0.1, 0.15) is 122 Å². The number of aliphatic hydroxyl groups excluding tert-OH is 8. The zero-order valence-corrected chi connectivity index (χ0v) is 42.4. The van der Waals surface area contributed by atoms with Crippen molar-refractivity contribution in [3.63, 3.8) is 0 Å². The van der Waals surface area contributed by atoms with E-state index in [1.165, 1.54) is 66.7 Å². The van der Waals surface area contributed by atoms with Gasteiger partial charge in [0.2, 0.25) is 18.3 Å². The summed E-state index contributed by atoms with van der Waals surface area (Å²) in [6.45, 7) is -2.42. The van der Waals surface area contributed by atoms with E-state index in [1.54, 1.807) is 0 Å². The maximum absolute atomic E-state index is 13.0. The first-order valence-corrected chi connectivity index (χ1v) is 24.7. The predicted molar refractivity (Wildman–Crippen MR) is 271 cm³/mol. The smallest absolute Gasteiger partial charge is 0.402 e. The first-order valence-electron chi connectivity index (χ1n) is 24.7. The standard InChI is InChI=1S/C54H54O28/c55-26-8-1-23(2-9-26)5-13-39(62)73-20-35-42(65)46(69)49(72)53(80-35)82-51-47(70)44(67)37(21-74-40(63)14-6-24-3-10-27(56)11-4-24)81-54(51)78-34-18-29-32(76-50(34)25-7-12-30(58)31(59)15-25)16-28(57)17-33(29)77-52-48(71)45(68)43(66)36(79-52)22-75-41(64)19-38(60)61/h1-18,35-37,42-49,51-54,65-72H,19-22H2,(H5-,55,56,57,58,59,60,61,62,63)/p+1/t35-,36-,37-,42-,43-,44-,45+,46+,47+,48-,49-,51-,52-,53+,54-/m1/s1. The summed E-state index contributed by atoms with van der Waals surface area (Å²) in [6.07, 6.45) is -26.1. The van der Waals surface area contributed by atoms with Crippen LogP contribution in [-0.4, -0.2) is 207 Å². The quantitative estimate of drug-likeness (QED) is 0.0125. The number of phenols is 5. The number of aliphatic carboxylic acids is 1. The minimum absolute atomic E-state index is 0.0271. The zero-order valence-electron chi connectivity index (χ0n) is 42.4. The minimum atomic E-state index is -2.19. The van der Waals surface area contributed by atoms with E-state index in [9.17, 15) is 85.6 Å². The van der Waals surface area contributed by atoms with Crippen LogP contribution in [0.1, 0.15) is 17.5 Å². The van der Waals surface area contributed by atoms with Crippen LogP contribution in [0.25, 0.3) is 34.4 Å². The summed E-state index contributed by atoms with van der Waals surface area (Å²) in [6, 6.07) is 17.9. The number of aromatic hydroxyl groups is 5. The molecule has 28 nitrogen and oxygen atoms in total. The maximum Gasteiger partial charge on any atom is 0.402 e. The number of aliphatic hydroxyl groups is 8. The second-order valence-electron chi connectivity index (χ2n) is 18.8. The van der Waals surface area contributed by atoms with Gasteiger partial charge >= 0.3 is 35.2 Å². The Morgan fingerprint density at radius 1 is 0.500 bits per heavy atom. The molecule has 0 spiro atoms. The topological polar surface area (TPSA) is 446 Å². The third-order valence-electron chi connectivity index (χ3n) is 12.9. The lowest BCUT2D eigenvalue weighted by Crippen LogP contribution is -2.65. The van der Waals surface area contributed by atoms with E-state index in [1.807, 2.05) is 0 Å². The third kappa shape index (κ3) is 14.4. The fourth-order valence-electron chi connectivity index (χ4n) is 8.50. The molecule has 4 aromatic carbocycles. The molecular formula is C54H55O28+. The Morgan fingerprint density at radius 3 is 1.55 bits per heavy atom. The summed E-state index contributed by atoms with van der Waals surface area (Å²) >= 11 is 0. The number of rotatable bonds is 19. The number of benzene rings is 4. The first-order chi connectivity index (χ1) is 39.0. The van der Waals surface area contributed by atoms with Crippen molar-refractivity contribution in [1.82, 2.24) is 0 Å². The van der Waals surface area contributed by atoms with Crippen LogP contribution in [0.2, 0.25) is 0 Å². The molecule has 0 saturated carbocycles. The van der Waals surface area contributed by atoms with E-state index < -0.39 is 171 Å². The van der Waals surface area contributed by atoms with Crippen molar-refractivity contribution in [2.45, 2.75) is 98.5 Å². The lowest BCUT2D eigenvalue weighted by atomic mass is 9.97. The Bertz CT molecular complexity index is 3130. The van der Waals surface area contributed by atoms with Gasteiger partial charge in [-0.1, -0.05) is 24.3 Å². The molecule has 3 aliphatic rings. The van der Waals surface area contributed by atoms with Crippen molar-refractivity contribution >= 4 is 47.0 Å². The van der Waals surface area contributed by atoms with Crippen molar-refractivity contribution in [3.8, 4) is 51.6 Å². The van der Waals surface area contributed by atoms with Crippen LogP contribution >= 0.6 is 0 Å². The molecule has 82 heavy (non-hydrogen) atoms. The van der Waals surface area contributed by atoms with E-state index >= 15 is 0 Å². The molecule has 0 aliphatic carbocycles. The SMILES string of the molecule is O=C(O)CC(=O)OC[C@H]1O[C@@H](Oc2cc(O)cc3[o+]c(-c4ccc(O)c(O)c4)c(O[C@@H]4O[C@H](COC(=O)C=Cc5ccc(O)cc5)[C@@H](O)[C@H](O)[C@H]4O[C@@H]4O[C@H](COC(=O)C=Cc5ccc(O)cc5)[C@@H](O)[C@H](O)[C@H]4O)cc23)[C@H](O)[C@@H](O)[C@@H]1O. The van der Waals surface area contributed by atoms with Crippen LogP contribution in [0.15, 0.2) is 101 Å². The van der Waals surface area contributed by atoms with Crippen molar-refractivity contribution in [2.75, 3.05) is 19.8 Å². The molecule has 3 saturated heterocycles. The molecule has 0 amide bonds. The number of phenolic OH excluding ortho intramolecular Hbond substituents is 5. The van der Waals surface area contributed by atoms with Crippen molar-refractivity contribution in [3.05, 3.63) is 108 Å². The number of fused-ring (bicyclic) bond motifs is 1. The van der Waals surface area contributed by atoms with Gasteiger partial charge in [0.15, 0.2) is 23.9 Å². The van der Waals surface area contributed by atoms with Crippen molar-refractivity contribution < 1.29 is 138 Å². The van der Waals surface area contributed by atoms with Crippen LogP contribution < -0.4 is 9.47 Å². The highest BCUT2D eigenvalue weighted by Crippen LogP contribution is 2.44. The highest BCUT2D eigenvalue weighted by Gasteiger charge is 2.53. The highest BCUT2D eigenvalue weighted by atomic mass is 16.8. The molecule has 3 fully saturated rings. The van der Waals surface area contributed by atoms with E-state index in [-0.39, 0.29) is 33.8 Å². The Morgan fingerprint density at radius 2 is 1.00 bits per heavy atom. The summed E-state index contributed by atoms with van der Waals surface area (Å²) in [4.78, 5) is 48.7. The Labute approximate surface area is 461 Å². The van der Waals surface area contributed by atoms with Gasteiger partial charge < -0.3 is 114 Å². The molecule has 438 valence electrons. The predicted octanol–water partition coefficient (Wildman–Crippen LogP) is -0.355. The van der Waals surface area contributed by atoms with E-state index in [2.05, 4.69) is 0 Å². The van der Waals surface area contributed by atoms with E-state index in [4.69, 9.17) is 52.2 Å². The first kappa shape index (κ1) is 59.9. The number of carbonyl (C=O) groups excluding carboxylic acids is 3. The second kappa shape index (κ2) is 26.1. The lowest BCUT2D eigenvalue weighted by Gasteiger charge is -2.45. The monoisotopic (exact) mass is 1150 g/mol. The van der Waals surface area contributed by atoms with Crippen LogP contribution in [0.5, 0.6) is 40.2 Å². The maximum atomic E-state index is 13.0. The molecule has 28 heteroatoms. The van der Waals surface area contributed by atoms with E-state index in [0.717, 1.165) is 42.5 Å². The van der Waals surface area contributed by atoms with E-state index in [0.29, 0.717) is 11.1 Å². The molecule has 3 aliphatic heterocycles. The van der Waals surface area contributed by atoms with Crippen LogP contribution in [0.3, 0.4) is 0 Å². The second-order valence-corrected chi connectivity index (χ2v) is 18.8. The number of esters is 3. The Balaban J connectivity index is 1.13. The van der Waals surface area contributed by atoms with Gasteiger partial charge in [-0.3, -0.25) is 9.59 Å². The summed E-state index contributed by atoms with van der Waals surface area (Å²) in [7, 11) is 0. The molecule has 15 atom stereocenters. The zero-order chi connectivity index (χ0) is 59.1. The van der Waals surface area contributed by atoms with Gasteiger partial charge in [0, 0.05) is 30.4 Å². The fraction of sp³-hybridized carbons (Fsp3) is 0.352. The van der Waals surface area contributed by atoms with Gasteiger partial charge in [-0.05, 0) is 59.7 Å². The van der Waals surface area contributed by atoms with Crippen molar-refractivity contribution in [1.29, 1.82) is 0 Å². The molecular weight excluding hydrogens is 1100 g/mol. The molecule has 0 bridgehead atoms. The van der Waals surface area contributed by atoms with Gasteiger partial charge in [-0.25, -0.2) is 14.0 Å². The lowest BCUT2D eigenvalue weighted by molar-refractivity contribution is -0.358. The molecule has 5 aromatic rings. The molecule has 1 aromatic heterocycles. The summed E-state index contributed by atoms with van der Waals surface area (Å²) in [5.41, 5.74) is 0.610. The molecule has 4 heterocycles. The average Bonchev–Trinajstić information content (AvgIpc) is 2.58. The number of hydrogen-bond donors (Lipinski definition) is 14. The number of carboxylic acid groups (broad SMARTS) is 1. The normalized spacial score (nSPS) is 28.4. The van der Waals surface area contributed by atoms with Gasteiger partial charge in [-0.15, -0.1) is 0 Å². The fourth-order valence-corrected chi connectivity index (χ4v) is 8.50. The van der Waals surface area contributed by atoms with Gasteiger partial charge in [0.25, 0.3) is 0 Å².